The third-order valence-corrected chi connectivity index (χ3v) is 8.84. The summed E-state index contributed by atoms with van der Waals surface area (Å²) in [5.41, 5.74) is 0. The van der Waals surface area contributed by atoms with Crippen LogP contribution in [0.1, 0.15) is 20.8 Å². The summed E-state index contributed by atoms with van der Waals surface area (Å²) in [6.45, 7) is 4.31. The Labute approximate surface area is 132 Å². The van der Waals surface area contributed by atoms with Crippen LogP contribution in [0.5, 0.6) is 0 Å². The molecule has 0 atom stereocenters. The highest BCUT2D eigenvalue weighted by Crippen LogP contribution is 2.18. The predicted octanol–water partition coefficient (Wildman–Crippen LogP) is 0.267. The van der Waals surface area contributed by atoms with E-state index in [1.165, 1.54) is 34.5 Å². The van der Waals surface area contributed by atoms with Gasteiger partial charge in [0.05, 0.1) is 0 Å². The predicted molar refractivity (Wildman–Crippen MR) is 87.2 cm³/mol. The average Bonchev–Trinajstić information content (AvgIpc) is 2.48. The van der Waals surface area contributed by atoms with Crippen LogP contribution in [0.15, 0.2) is 30.3 Å². The van der Waals surface area contributed by atoms with E-state index < -0.39 is 8.56 Å². The number of hydrogen-bond acceptors (Lipinski definition) is 3. The molecule has 3 amide bonds. The van der Waals surface area contributed by atoms with E-state index in [0.29, 0.717) is 0 Å². The Hall–Kier alpha value is -2.15. The van der Waals surface area contributed by atoms with Crippen molar-refractivity contribution in [3.8, 4) is 0 Å². The summed E-state index contributed by atoms with van der Waals surface area (Å²) >= 11 is 0. The van der Waals surface area contributed by atoms with Gasteiger partial charge in [-0.3, -0.25) is 14.4 Å². The largest absolute Gasteiger partial charge is 0.420 e. The minimum atomic E-state index is -3.22. The molecule has 0 bridgehead atoms. The first-order chi connectivity index (χ1) is 10.2. The molecule has 0 aliphatic heterocycles. The fourth-order valence-corrected chi connectivity index (χ4v) is 7.05. The molecule has 0 radical (unpaired) electrons. The molecule has 1 aromatic rings. The molecule has 0 heterocycles. The minimum absolute atomic E-state index is 0.197. The van der Waals surface area contributed by atoms with Gasteiger partial charge >= 0.3 is 8.56 Å². The molecule has 1 rings (SSSR count). The van der Waals surface area contributed by atoms with Gasteiger partial charge < -0.3 is 13.7 Å². The van der Waals surface area contributed by atoms with Gasteiger partial charge in [-0.15, -0.1) is 0 Å². The molecule has 7 heteroatoms. The van der Waals surface area contributed by atoms with Crippen molar-refractivity contribution in [1.82, 2.24) is 13.7 Å². The van der Waals surface area contributed by atoms with Gasteiger partial charge in [-0.2, -0.15) is 0 Å². The van der Waals surface area contributed by atoms with Gasteiger partial charge in [0.1, 0.15) is 0 Å². The van der Waals surface area contributed by atoms with Crippen LogP contribution < -0.4 is 5.19 Å². The maximum absolute atomic E-state index is 12.1. The van der Waals surface area contributed by atoms with E-state index in [0.717, 1.165) is 5.19 Å². The summed E-state index contributed by atoms with van der Waals surface area (Å²) in [7, 11) is 1.70. The van der Waals surface area contributed by atoms with Crippen molar-refractivity contribution in [2.45, 2.75) is 20.8 Å². The number of amides is 3. The van der Waals surface area contributed by atoms with Gasteiger partial charge in [0.2, 0.25) is 17.7 Å². The highest BCUT2D eigenvalue weighted by molar-refractivity contribution is 6.89. The van der Waals surface area contributed by atoms with Gasteiger partial charge in [-0.1, -0.05) is 30.3 Å². The molecule has 0 unspecified atom stereocenters. The first-order valence-electron chi connectivity index (χ1n) is 6.96. The Balaban J connectivity index is 3.74. The zero-order chi connectivity index (χ0) is 17.1. The Morgan fingerprint density at radius 2 is 1.05 bits per heavy atom. The smallest absolute Gasteiger partial charge is 0.334 e. The van der Waals surface area contributed by atoms with Crippen LogP contribution in [-0.2, 0) is 14.4 Å². The molecule has 22 heavy (non-hydrogen) atoms. The zero-order valence-electron chi connectivity index (χ0n) is 14.0. The summed E-state index contributed by atoms with van der Waals surface area (Å²) in [5, 5.41) is 0.795. The van der Waals surface area contributed by atoms with E-state index in [2.05, 4.69) is 0 Å². The minimum Gasteiger partial charge on any atom is -0.334 e. The van der Waals surface area contributed by atoms with Crippen molar-refractivity contribution in [2.24, 2.45) is 0 Å². The topological polar surface area (TPSA) is 60.9 Å². The molecular weight excluding hydrogens is 298 g/mol. The summed E-state index contributed by atoms with van der Waals surface area (Å²) in [5.74, 6) is -0.592. The van der Waals surface area contributed by atoms with Gasteiger partial charge in [0.25, 0.3) is 0 Å². The third kappa shape index (κ3) is 2.89. The summed E-state index contributed by atoms with van der Waals surface area (Å²) in [4.78, 5) is 36.3. The van der Waals surface area contributed by atoms with E-state index in [4.69, 9.17) is 0 Å². The fourth-order valence-electron chi connectivity index (χ4n) is 2.58. The Morgan fingerprint density at radius 1 is 0.727 bits per heavy atom. The van der Waals surface area contributed by atoms with Gasteiger partial charge in [-0.25, -0.2) is 0 Å². The van der Waals surface area contributed by atoms with Crippen molar-refractivity contribution in [3.05, 3.63) is 30.3 Å². The van der Waals surface area contributed by atoms with Crippen molar-refractivity contribution >= 4 is 31.5 Å². The lowest BCUT2D eigenvalue weighted by molar-refractivity contribution is -0.128. The van der Waals surface area contributed by atoms with E-state index in [9.17, 15) is 14.4 Å². The lowest BCUT2D eigenvalue weighted by Crippen LogP contribution is -2.81. The van der Waals surface area contributed by atoms with Gasteiger partial charge in [0.15, 0.2) is 0 Å². The van der Waals surface area contributed by atoms with Gasteiger partial charge in [0, 0.05) is 47.1 Å². The number of carbonyl (C=O) groups excluding carboxylic acids is 3. The van der Waals surface area contributed by atoms with Crippen molar-refractivity contribution in [2.75, 3.05) is 21.1 Å². The molecule has 0 aliphatic rings. The van der Waals surface area contributed by atoms with Gasteiger partial charge in [-0.05, 0) is 0 Å². The molecule has 0 spiro atoms. The summed E-state index contributed by atoms with van der Waals surface area (Å²) < 4.78 is 4.60. The van der Waals surface area contributed by atoms with E-state index in [1.807, 2.05) is 30.3 Å². The maximum Gasteiger partial charge on any atom is 0.420 e. The first-order valence-corrected chi connectivity index (χ1v) is 8.80. The van der Waals surface area contributed by atoms with Crippen LogP contribution in [0, 0.1) is 0 Å². The number of nitrogens with zero attached hydrogens (tertiary/aromatic N) is 3. The van der Waals surface area contributed by atoms with Crippen molar-refractivity contribution < 1.29 is 14.4 Å². The molecule has 0 N–H and O–H groups in total. The number of hydrogen-bond donors (Lipinski definition) is 0. The SMILES string of the molecule is CC(=O)N(C)[Si](c1ccccc1)(N(C)C(C)=O)N(C)C(C)=O. The van der Waals surface area contributed by atoms with Crippen LogP contribution in [0.25, 0.3) is 0 Å². The lowest BCUT2D eigenvalue weighted by atomic mass is 10.4. The molecular formula is C15H23N3O3Si. The molecule has 0 fully saturated rings. The second-order valence-corrected chi connectivity index (χ2v) is 9.10. The number of carbonyl (C=O) groups is 3. The second-order valence-electron chi connectivity index (χ2n) is 5.24. The highest BCUT2D eigenvalue weighted by Gasteiger charge is 2.54. The van der Waals surface area contributed by atoms with Crippen LogP contribution in [0.2, 0.25) is 0 Å². The maximum atomic E-state index is 12.1. The lowest BCUT2D eigenvalue weighted by Gasteiger charge is -2.48. The summed E-state index contributed by atoms with van der Waals surface area (Å²) in [6, 6.07) is 9.24. The highest BCUT2D eigenvalue weighted by atomic mass is 28.4. The van der Waals surface area contributed by atoms with E-state index in [-0.39, 0.29) is 17.7 Å². The molecule has 120 valence electrons. The zero-order valence-corrected chi connectivity index (χ0v) is 15.0. The second kappa shape index (κ2) is 6.74. The average molecular weight is 321 g/mol. The van der Waals surface area contributed by atoms with E-state index >= 15 is 0 Å². The quantitative estimate of drug-likeness (QED) is 0.748. The first kappa shape index (κ1) is 17.9. The van der Waals surface area contributed by atoms with Crippen LogP contribution in [0.4, 0.5) is 0 Å². The third-order valence-electron chi connectivity index (χ3n) is 3.98. The standard InChI is InChI=1S/C15H23N3O3Si/c1-12(19)16(4)22(17(5)13(2)20,18(6)14(3)21)15-10-8-7-9-11-15/h7-11H,1-6H3. The Morgan fingerprint density at radius 3 is 1.32 bits per heavy atom. The van der Waals surface area contributed by atoms with Crippen LogP contribution >= 0.6 is 0 Å². The Kier molecular flexibility index (Phi) is 5.48. The van der Waals surface area contributed by atoms with Crippen molar-refractivity contribution in [3.63, 3.8) is 0 Å². The molecule has 0 aliphatic carbocycles. The monoisotopic (exact) mass is 321 g/mol. The van der Waals surface area contributed by atoms with Crippen molar-refractivity contribution in [1.29, 1.82) is 0 Å². The Bertz CT molecular complexity index is 526. The molecule has 6 nitrogen and oxygen atoms in total. The van der Waals surface area contributed by atoms with Crippen LogP contribution in [-0.4, -0.2) is 61.1 Å². The van der Waals surface area contributed by atoms with Crippen LogP contribution in [0.3, 0.4) is 0 Å². The molecule has 0 saturated heterocycles. The number of benzene rings is 1. The molecule has 0 saturated carbocycles. The molecule has 0 aromatic heterocycles. The number of rotatable bonds is 4. The summed E-state index contributed by atoms with van der Waals surface area (Å²) in [6.07, 6.45) is 0. The van der Waals surface area contributed by atoms with E-state index in [1.54, 1.807) is 21.1 Å². The molecule has 1 aromatic carbocycles. The normalized spacial score (nSPS) is 10.8. The fraction of sp³-hybridized carbons (Fsp3) is 0.400.